The summed E-state index contributed by atoms with van der Waals surface area (Å²) >= 11 is 0. The third kappa shape index (κ3) is 3.65. The van der Waals surface area contributed by atoms with Gasteiger partial charge >= 0.3 is 5.69 Å². The van der Waals surface area contributed by atoms with E-state index in [4.69, 9.17) is 0 Å². The maximum Gasteiger partial charge on any atom is 0.329 e. The summed E-state index contributed by atoms with van der Waals surface area (Å²) in [5, 5.41) is 14.1. The first-order valence-corrected chi connectivity index (χ1v) is 6.62. The summed E-state index contributed by atoms with van der Waals surface area (Å²) in [5.74, 6) is 0.688. The van der Waals surface area contributed by atoms with E-state index < -0.39 is 4.92 Å². The summed E-state index contributed by atoms with van der Waals surface area (Å²) in [5.41, 5.74) is 0.952. The molecule has 0 saturated heterocycles. The predicted molar refractivity (Wildman–Crippen MR) is 81.4 cm³/mol. The molecule has 7 nitrogen and oxygen atoms in total. The molecule has 2 rings (SSSR count). The average Bonchev–Trinajstić information content (AvgIpc) is 2.48. The Bertz CT molecular complexity index is 618. The van der Waals surface area contributed by atoms with Gasteiger partial charge < -0.3 is 10.2 Å². The lowest BCUT2D eigenvalue weighted by atomic mass is 10.2. The zero-order valence-corrected chi connectivity index (χ0v) is 12.0. The van der Waals surface area contributed by atoms with Crippen LogP contribution >= 0.6 is 0 Å². The van der Waals surface area contributed by atoms with Gasteiger partial charge in [0.05, 0.1) is 4.92 Å². The van der Waals surface area contributed by atoms with Crippen LogP contribution in [0.5, 0.6) is 0 Å². The number of hydrogen-bond donors (Lipinski definition) is 1. The van der Waals surface area contributed by atoms with Crippen LogP contribution in [0.2, 0.25) is 0 Å². The van der Waals surface area contributed by atoms with Crippen molar-refractivity contribution >= 4 is 17.5 Å². The number of rotatable bonds is 6. The van der Waals surface area contributed by atoms with E-state index in [1.54, 1.807) is 11.9 Å². The van der Waals surface area contributed by atoms with Gasteiger partial charge in [0.25, 0.3) is 0 Å². The Morgan fingerprint density at radius 3 is 2.67 bits per heavy atom. The number of hydrogen-bond acceptors (Lipinski definition) is 6. The topological polar surface area (TPSA) is 84.2 Å². The van der Waals surface area contributed by atoms with E-state index in [1.165, 1.54) is 6.20 Å². The van der Waals surface area contributed by atoms with Crippen molar-refractivity contribution in [3.8, 4) is 0 Å². The minimum atomic E-state index is -0.466. The van der Waals surface area contributed by atoms with Gasteiger partial charge in [0.15, 0.2) is 0 Å². The smallest absolute Gasteiger partial charge is 0.329 e. The van der Waals surface area contributed by atoms with Gasteiger partial charge in [0.2, 0.25) is 11.8 Å². The van der Waals surface area contributed by atoms with Gasteiger partial charge in [-0.15, -0.1) is 0 Å². The fourth-order valence-corrected chi connectivity index (χ4v) is 1.95. The lowest BCUT2D eigenvalue weighted by Gasteiger charge is -2.18. The molecule has 1 aromatic carbocycles. The van der Waals surface area contributed by atoms with Crippen molar-refractivity contribution in [3.63, 3.8) is 0 Å². The van der Waals surface area contributed by atoms with Gasteiger partial charge in [0, 0.05) is 20.1 Å². The van der Waals surface area contributed by atoms with E-state index in [0.29, 0.717) is 24.9 Å². The molecule has 0 amide bonds. The number of nitrogens with one attached hydrogen (secondary N) is 1. The quantitative estimate of drug-likeness (QED) is 0.649. The number of aromatic nitrogens is 2. The molecule has 0 fully saturated rings. The maximum absolute atomic E-state index is 11.1. The summed E-state index contributed by atoms with van der Waals surface area (Å²) < 4.78 is 0. The lowest BCUT2D eigenvalue weighted by molar-refractivity contribution is -0.384. The van der Waals surface area contributed by atoms with E-state index in [2.05, 4.69) is 15.3 Å². The molecule has 1 aromatic heterocycles. The Morgan fingerprint density at radius 2 is 2.05 bits per heavy atom. The van der Waals surface area contributed by atoms with Crippen LogP contribution in [0.3, 0.4) is 0 Å². The molecule has 0 saturated carbocycles. The highest BCUT2D eigenvalue weighted by atomic mass is 16.6. The van der Waals surface area contributed by atoms with Crippen molar-refractivity contribution in [2.24, 2.45) is 0 Å². The molecule has 110 valence electrons. The third-order valence-electron chi connectivity index (χ3n) is 2.91. The van der Waals surface area contributed by atoms with Crippen LogP contribution in [0, 0.1) is 10.1 Å². The van der Waals surface area contributed by atoms with Gasteiger partial charge in [-0.25, -0.2) is 4.98 Å². The standard InChI is InChI=1S/C14H17N5O2/c1-3-15-14-16-9-12(19(20)21)13(17-14)18(2)10-11-7-5-4-6-8-11/h4-9H,3,10H2,1-2H3,(H,15,16,17). The Morgan fingerprint density at radius 1 is 1.33 bits per heavy atom. The Labute approximate surface area is 122 Å². The molecule has 0 unspecified atom stereocenters. The van der Waals surface area contributed by atoms with Crippen LogP contribution in [0.25, 0.3) is 0 Å². The summed E-state index contributed by atoms with van der Waals surface area (Å²) in [4.78, 5) is 20.6. The van der Waals surface area contributed by atoms with Crippen molar-refractivity contribution in [2.45, 2.75) is 13.5 Å². The predicted octanol–water partition coefficient (Wildman–Crippen LogP) is 2.45. The molecular weight excluding hydrogens is 270 g/mol. The molecule has 2 aromatic rings. The van der Waals surface area contributed by atoms with Crippen molar-refractivity contribution < 1.29 is 4.92 Å². The molecule has 1 N–H and O–H groups in total. The summed E-state index contributed by atoms with van der Waals surface area (Å²) in [7, 11) is 1.78. The van der Waals surface area contributed by atoms with Crippen LogP contribution in [0.4, 0.5) is 17.5 Å². The molecule has 1 heterocycles. The summed E-state index contributed by atoms with van der Waals surface area (Å²) in [6.07, 6.45) is 1.24. The number of benzene rings is 1. The molecule has 0 atom stereocenters. The highest BCUT2D eigenvalue weighted by Crippen LogP contribution is 2.26. The van der Waals surface area contributed by atoms with E-state index in [1.807, 2.05) is 37.3 Å². The van der Waals surface area contributed by atoms with Gasteiger partial charge in [-0.3, -0.25) is 10.1 Å². The Hall–Kier alpha value is -2.70. The Balaban J connectivity index is 2.30. The molecule has 0 radical (unpaired) electrons. The van der Waals surface area contributed by atoms with Crippen LogP contribution in [-0.2, 0) is 6.54 Å². The molecule has 7 heteroatoms. The van der Waals surface area contributed by atoms with Gasteiger partial charge in [-0.2, -0.15) is 4.98 Å². The zero-order valence-electron chi connectivity index (χ0n) is 12.0. The monoisotopic (exact) mass is 287 g/mol. The third-order valence-corrected chi connectivity index (χ3v) is 2.91. The molecule has 0 spiro atoms. The van der Waals surface area contributed by atoms with Gasteiger partial charge in [-0.1, -0.05) is 30.3 Å². The minimum Gasteiger partial charge on any atom is -0.354 e. The molecule has 0 aliphatic rings. The van der Waals surface area contributed by atoms with Crippen molar-refractivity contribution in [2.75, 3.05) is 23.8 Å². The van der Waals surface area contributed by atoms with Crippen molar-refractivity contribution in [1.29, 1.82) is 0 Å². The number of nitrogens with zero attached hydrogens (tertiary/aromatic N) is 4. The largest absolute Gasteiger partial charge is 0.354 e. The first kappa shape index (κ1) is 14.7. The van der Waals surface area contributed by atoms with Crippen LogP contribution in [0.15, 0.2) is 36.5 Å². The van der Waals surface area contributed by atoms with Crippen LogP contribution in [-0.4, -0.2) is 28.5 Å². The van der Waals surface area contributed by atoms with Gasteiger partial charge in [-0.05, 0) is 12.5 Å². The van der Waals surface area contributed by atoms with E-state index in [0.717, 1.165) is 5.56 Å². The molecule has 21 heavy (non-hydrogen) atoms. The van der Waals surface area contributed by atoms with E-state index in [9.17, 15) is 10.1 Å². The van der Waals surface area contributed by atoms with Crippen molar-refractivity contribution in [1.82, 2.24) is 9.97 Å². The maximum atomic E-state index is 11.1. The Kier molecular flexibility index (Phi) is 4.65. The van der Waals surface area contributed by atoms with Crippen LogP contribution in [0.1, 0.15) is 12.5 Å². The molecule has 0 bridgehead atoms. The van der Waals surface area contributed by atoms with E-state index >= 15 is 0 Å². The fourth-order valence-electron chi connectivity index (χ4n) is 1.95. The number of anilines is 2. The van der Waals surface area contributed by atoms with Gasteiger partial charge in [0.1, 0.15) is 6.20 Å². The normalized spacial score (nSPS) is 10.2. The minimum absolute atomic E-state index is 0.102. The SMILES string of the molecule is CCNc1ncc([N+](=O)[O-])c(N(C)Cc2ccccc2)n1. The van der Waals surface area contributed by atoms with Crippen molar-refractivity contribution in [3.05, 3.63) is 52.2 Å². The lowest BCUT2D eigenvalue weighted by Crippen LogP contribution is -2.20. The second kappa shape index (κ2) is 6.65. The fraction of sp³-hybridized carbons (Fsp3) is 0.286. The summed E-state index contributed by atoms with van der Waals surface area (Å²) in [6.45, 7) is 3.10. The molecule has 0 aliphatic heterocycles. The highest BCUT2D eigenvalue weighted by Gasteiger charge is 2.20. The van der Waals surface area contributed by atoms with E-state index in [-0.39, 0.29) is 5.69 Å². The average molecular weight is 287 g/mol. The second-order valence-corrected chi connectivity index (χ2v) is 4.53. The van der Waals surface area contributed by atoms with Crippen LogP contribution < -0.4 is 10.2 Å². The molecular formula is C14H17N5O2. The number of nitro groups is 1. The second-order valence-electron chi connectivity index (χ2n) is 4.53. The summed E-state index contributed by atoms with van der Waals surface area (Å²) in [6, 6.07) is 9.73. The first-order chi connectivity index (χ1) is 10.1. The first-order valence-electron chi connectivity index (χ1n) is 6.62. The molecule has 0 aliphatic carbocycles. The zero-order chi connectivity index (χ0) is 15.2. The highest BCUT2D eigenvalue weighted by molar-refractivity contribution is 5.58.